The first kappa shape index (κ1) is 15.0. The van der Waals surface area contributed by atoms with E-state index in [0.717, 1.165) is 12.1 Å². The molecule has 0 saturated carbocycles. The van der Waals surface area contributed by atoms with Crippen LogP contribution in [0.5, 0.6) is 0 Å². The molecule has 0 amide bonds. The molecule has 0 spiro atoms. The second-order valence-electron chi connectivity index (χ2n) is 3.96. The maximum atomic E-state index is 11.0. The number of nitro groups is 2. The molecule has 7 nitrogen and oxygen atoms in total. The van der Waals surface area contributed by atoms with Gasteiger partial charge < -0.3 is 5.32 Å². The molecule has 0 fully saturated rings. The molecule has 0 aliphatic rings. The minimum atomic E-state index is -0.714. The summed E-state index contributed by atoms with van der Waals surface area (Å²) >= 11 is 11.8. The molecule has 0 aliphatic heterocycles. The number of nitro benzene ring substituents is 2. The molecule has 0 aliphatic carbocycles. The molecule has 108 valence electrons. The molecular weight excluding hydrogens is 321 g/mol. The second-order valence-corrected chi connectivity index (χ2v) is 4.81. The summed E-state index contributed by atoms with van der Waals surface area (Å²) in [5.41, 5.74) is -0.361. The molecule has 2 rings (SSSR count). The van der Waals surface area contributed by atoms with E-state index in [1.165, 1.54) is 18.2 Å². The zero-order valence-corrected chi connectivity index (χ0v) is 11.8. The van der Waals surface area contributed by atoms with E-state index in [4.69, 9.17) is 23.2 Å². The Morgan fingerprint density at radius 3 is 2.24 bits per heavy atom. The predicted molar refractivity (Wildman–Crippen MR) is 79.5 cm³/mol. The van der Waals surface area contributed by atoms with Crippen LogP contribution in [0, 0.1) is 20.2 Å². The van der Waals surface area contributed by atoms with Crippen LogP contribution in [0.3, 0.4) is 0 Å². The van der Waals surface area contributed by atoms with E-state index in [2.05, 4.69) is 5.32 Å². The fourth-order valence-electron chi connectivity index (χ4n) is 1.63. The number of halogens is 2. The number of hydrogen-bond acceptors (Lipinski definition) is 5. The molecule has 21 heavy (non-hydrogen) atoms. The first-order chi connectivity index (χ1) is 9.88. The van der Waals surface area contributed by atoms with Crippen molar-refractivity contribution in [3.05, 3.63) is 66.7 Å². The van der Waals surface area contributed by atoms with Crippen molar-refractivity contribution in [3.8, 4) is 0 Å². The molecule has 2 aromatic rings. The predicted octanol–water partition coefficient (Wildman–Crippen LogP) is 4.55. The number of hydrogen-bond donors (Lipinski definition) is 1. The largest absolute Gasteiger partial charge is 0.349 e. The summed E-state index contributed by atoms with van der Waals surface area (Å²) in [5.74, 6) is 0. The highest BCUT2D eigenvalue weighted by Crippen LogP contribution is 2.34. The average Bonchev–Trinajstić information content (AvgIpc) is 2.42. The van der Waals surface area contributed by atoms with Gasteiger partial charge in [0.1, 0.15) is 5.69 Å². The maximum absolute atomic E-state index is 11.0. The van der Waals surface area contributed by atoms with Crippen LogP contribution in [0.15, 0.2) is 36.4 Å². The monoisotopic (exact) mass is 327 g/mol. The molecule has 0 saturated heterocycles. The SMILES string of the molecule is O=[N+]([O-])c1ccc(Nc2cc(Cl)ccc2Cl)c([N+](=O)[O-])c1. The summed E-state index contributed by atoms with van der Waals surface area (Å²) in [6.07, 6.45) is 0. The van der Waals surface area contributed by atoms with Crippen molar-refractivity contribution >= 4 is 46.0 Å². The molecule has 0 atom stereocenters. The van der Waals surface area contributed by atoms with Gasteiger partial charge in [0, 0.05) is 11.1 Å². The molecular formula is C12H7Cl2N3O4. The van der Waals surface area contributed by atoms with Crippen LogP contribution in [-0.2, 0) is 0 Å². The summed E-state index contributed by atoms with van der Waals surface area (Å²) in [6, 6.07) is 7.87. The highest BCUT2D eigenvalue weighted by molar-refractivity contribution is 6.35. The summed E-state index contributed by atoms with van der Waals surface area (Å²) in [4.78, 5) is 20.3. The van der Waals surface area contributed by atoms with E-state index in [1.807, 2.05) is 0 Å². The van der Waals surface area contributed by atoms with Crippen LogP contribution in [0.2, 0.25) is 10.0 Å². The van der Waals surface area contributed by atoms with Gasteiger partial charge in [-0.05, 0) is 24.3 Å². The Bertz CT molecular complexity index is 736. The fourth-order valence-corrected chi connectivity index (χ4v) is 1.97. The Morgan fingerprint density at radius 1 is 0.905 bits per heavy atom. The van der Waals surface area contributed by atoms with Crippen molar-refractivity contribution in [1.29, 1.82) is 0 Å². The standard InChI is InChI=1S/C12H7Cl2N3O4/c13-7-1-3-9(14)11(5-7)15-10-4-2-8(16(18)19)6-12(10)17(20)21/h1-6,15H. The molecule has 0 radical (unpaired) electrons. The lowest BCUT2D eigenvalue weighted by molar-refractivity contribution is -0.393. The van der Waals surface area contributed by atoms with Gasteiger partial charge >= 0.3 is 0 Å². The molecule has 9 heteroatoms. The highest BCUT2D eigenvalue weighted by atomic mass is 35.5. The minimum Gasteiger partial charge on any atom is -0.349 e. The van der Waals surface area contributed by atoms with Crippen molar-refractivity contribution in [3.63, 3.8) is 0 Å². The van der Waals surface area contributed by atoms with Gasteiger partial charge in [-0.3, -0.25) is 20.2 Å². The number of benzene rings is 2. The Hall–Kier alpha value is -2.38. The number of rotatable bonds is 4. The van der Waals surface area contributed by atoms with Gasteiger partial charge in [-0.2, -0.15) is 0 Å². The van der Waals surface area contributed by atoms with Crippen LogP contribution in [0.25, 0.3) is 0 Å². The Kier molecular flexibility index (Phi) is 4.25. The number of nitrogens with zero attached hydrogens (tertiary/aromatic N) is 2. The van der Waals surface area contributed by atoms with E-state index in [9.17, 15) is 20.2 Å². The molecule has 0 bridgehead atoms. The van der Waals surface area contributed by atoms with E-state index in [1.54, 1.807) is 6.07 Å². The van der Waals surface area contributed by atoms with E-state index in [-0.39, 0.29) is 11.4 Å². The summed E-state index contributed by atoms with van der Waals surface area (Å²) in [6.45, 7) is 0. The number of nitrogens with one attached hydrogen (secondary N) is 1. The average molecular weight is 328 g/mol. The Morgan fingerprint density at radius 2 is 1.62 bits per heavy atom. The first-order valence-electron chi connectivity index (χ1n) is 5.53. The molecule has 1 N–H and O–H groups in total. The third-order valence-electron chi connectivity index (χ3n) is 2.59. The topological polar surface area (TPSA) is 98.3 Å². The van der Waals surface area contributed by atoms with Gasteiger partial charge in [0.2, 0.25) is 0 Å². The van der Waals surface area contributed by atoms with Crippen molar-refractivity contribution in [2.75, 3.05) is 5.32 Å². The van der Waals surface area contributed by atoms with Gasteiger partial charge in [-0.1, -0.05) is 23.2 Å². The second kappa shape index (κ2) is 5.94. The van der Waals surface area contributed by atoms with Gasteiger partial charge in [0.25, 0.3) is 11.4 Å². The highest BCUT2D eigenvalue weighted by Gasteiger charge is 2.20. The van der Waals surface area contributed by atoms with Crippen molar-refractivity contribution in [2.45, 2.75) is 0 Å². The quantitative estimate of drug-likeness (QED) is 0.655. The third kappa shape index (κ3) is 3.39. The lowest BCUT2D eigenvalue weighted by atomic mass is 10.2. The minimum absolute atomic E-state index is 0.0785. The van der Waals surface area contributed by atoms with Gasteiger partial charge in [-0.15, -0.1) is 0 Å². The summed E-state index contributed by atoms with van der Waals surface area (Å²) in [7, 11) is 0. The third-order valence-corrected chi connectivity index (χ3v) is 3.15. The summed E-state index contributed by atoms with van der Waals surface area (Å²) < 4.78 is 0. The van der Waals surface area contributed by atoms with Crippen LogP contribution in [-0.4, -0.2) is 9.85 Å². The first-order valence-corrected chi connectivity index (χ1v) is 6.29. The van der Waals surface area contributed by atoms with E-state index >= 15 is 0 Å². The lowest BCUT2D eigenvalue weighted by Crippen LogP contribution is -1.99. The molecule has 0 unspecified atom stereocenters. The zero-order valence-electron chi connectivity index (χ0n) is 10.2. The van der Waals surface area contributed by atoms with Crippen LogP contribution >= 0.6 is 23.2 Å². The van der Waals surface area contributed by atoms with Crippen LogP contribution < -0.4 is 5.32 Å². The number of anilines is 2. The van der Waals surface area contributed by atoms with Gasteiger partial charge in [0.05, 0.1) is 26.6 Å². The van der Waals surface area contributed by atoms with Crippen molar-refractivity contribution in [1.82, 2.24) is 0 Å². The molecule has 0 heterocycles. The zero-order chi connectivity index (χ0) is 15.6. The van der Waals surface area contributed by atoms with Gasteiger partial charge in [-0.25, -0.2) is 0 Å². The number of non-ortho nitro benzene ring substituents is 1. The maximum Gasteiger partial charge on any atom is 0.299 e. The van der Waals surface area contributed by atoms with Crippen LogP contribution in [0.1, 0.15) is 0 Å². The Balaban J connectivity index is 2.46. The Labute approximate surface area is 128 Å². The molecule has 2 aromatic carbocycles. The van der Waals surface area contributed by atoms with E-state index < -0.39 is 15.5 Å². The fraction of sp³-hybridized carbons (Fsp3) is 0. The normalized spacial score (nSPS) is 10.2. The van der Waals surface area contributed by atoms with E-state index in [0.29, 0.717) is 15.7 Å². The van der Waals surface area contributed by atoms with Gasteiger partial charge in [0.15, 0.2) is 0 Å². The van der Waals surface area contributed by atoms with Crippen LogP contribution in [0.4, 0.5) is 22.7 Å². The van der Waals surface area contributed by atoms with Crippen molar-refractivity contribution < 1.29 is 9.85 Å². The summed E-state index contributed by atoms with van der Waals surface area (Å²) in [5, 5.41) is 25.1. The smallest absolute Gasteiger partial charge is 0.299 e. The molecule has 0 aromatic heterocycles. The lowest BCUT2D eigenvalue weighted by Gasteiger charge is -2.09. The van der Waals surface area contributed by atoms with Crippen molar-refractivity contribution in [2.24, 2.45) is 0 Å².